The van der Waals surface area contributed by atoms with E-state index in [9.17, 15) is 0 Å². The summed E-state index contributed by atoms with van der Waals surface area (Å²) in [5.41, 5.74) is 2.09. The molecule has 0 bridgehead atoms. The van der Waals surface area contributed by atoms with Crippen LogP contribution in [0.15, 0.2) is 18.5 Å². The SMILES string of the molecule is CC(C)n1ncc2cc(NC3CCSCC3)cnc21. The highest BCUT2D eigenvalue weighted by Gasteiger charge is 2.14. The Morgan fingerprint density at radius 2 is 2.11 bits per heavy atom. The number of thioether (sulfide) groups is 1. The Kier molecular flexibility index (Phi) is 3.64. The maximum Gasteiger partial charge on any atom is 0.158 e. The van der Waals surface area contributed by atoms with Gasteiger partial charge in [0.05, 0.1) is 18.1 Å². The van der Waals surface area contributed by atoms with Crippen molar-refractivity contribution in [2.45, 2.75) is 38.8 Å². The molecule has 0 amide bonds. The summed E-state index contributed by atoms with van der Waals surface area (Å²) in [6.45, 7) is 4.25. The van der Waals surface area contributed by atoms with Gasteiger partial charge in [-0.3, -0.25) is 0 Å². The van der Waals surface area contributed by atoms with Gasteiger partial charge < -0.3 is 5.32 Å². The molecule has 2 aromatic heterocycles. The van der Waals surface area contributed by atoms with Gasteiger partial charge in [0.25, 0.3) is 0 Å². The molecule has 0 unspecified atom stereocenters. The van der Waals surface area contributed by atoms with Crippen molar-refractivity contribution in [1.29, 1.82) is 0 Å². The molecule has 3 rings (SSSR count). The minimum absolute atomic E-state index is 0.346. The molecule has 1 fully saturated rings. The smallest absolute Gasteiger partial charge is 0.158 e. The lowest BCUT2D eigenvalue weighted by molar-refractivity contribution is 0.546. The van der Waals surface area contributed by atoms with Crippen LogP contribution in [0.1, 0.15) is 32.7 Å². The zero-order chi connectivity index (χ0) is 13.2. The second-order valence-electron chi connectivity index (χ2n) is 5.35. The highest BCUT2D eigenvalue weighted by atomic mass is 32.2. The lowest BCUT2D eigenvalue weighted by Crippen LogP contribution is -2.24. The Morgan fingerprint density at radius 1 is 1.32 bits per heavy atom. The lowest BCUT2D eigenvalue weighted by Gasteiger charge is -2.23. The van der Waals surface area contributed by atoms with Crippen LogP contribution in [0.25, 0.3) is 11.0 Å². The van der Waals surface area contributed by atoms with Crippen LogP contribution >= 0.6 is 11.8 Å². The lowest BCUT2D eigenvalue weighted by atomic mass is 10.1. The third kappa shape index (κ3) is 2.71. The van der Waals surface area contributed by atoms with E-state index in [4.69, 9.17) is 0 Å². The van der Waals surface area contributed by atoms with E-state index in [2.05, 4.69) is 35.3 Å². The van der Waals surface area contributed by atoms with Crippen LogP contribution in [0.3, 0.4) is 0 Å². The molecule has 19 heavy (non-hydrogen) atoms. The number of hydrogen-bond donors (Lipinski definition) is 1. The average Bonchev–Trinajstić information content (AvgIpc) is 2.83. The van der Waals surface area contributed by atoms with Crippen molar-refractivity contribution >= 4 is 28.5 Å². The Labute approximate surface area is 118 Å². The second kappa shape index (κ2) is 5.41. The average molecular weight is 276 g/mol. The third-order valence-electron chi connectivity index (χ3n) is 3.51. The van der Waals surface area contributed by atoms with Crippen molar-refractivity contribution in [1.82, 2.24) is 14.8 Å². The van der Waals surface area contributed by atoms with Gasteiger partial charge in [-0.05, 0) is 44.3 Å². The fourth-order valence-electron chi connectivity index (χ4n) is 2.47. The molecule has 0 aromatic carbocycles. The Hall–Kier alpha value is -1.23. The molecule has 0 saturated carbocycles. The molecule has 102 valence electrons. The zero-order valence-corrected chi connectivity index (χ0v) is 12.3. The molecule has 0 radical (unpaired) electrons. The molecule has 2 aromatic rings. The number of rotatable bonds is 3. The fourth-order valence-corrected chi connectivity index (χ4v) is 3.58. The van der Waals surface area contributed by atoms with E-state index in [0.717, 1.165) is 16.7 Å². The van der Waals surface area contributed by atoms with Crippen molar-refractivity contribution in [2.75, 3.05) is 16.8 Å². The molecule has 0 aliphatic carbocycles. The van der Waals surface area contributed by atoms with Crippen LogP contribution < -0.4 is 5.32 Å². The van der Waals surface area contributed by atoms with Gasteiger partial charge in [0.2, 0.25) is 0 Å². The van der Waals surface area contributed by atoms with Crippen LogP contribution in [0, 0.1) is 0 Å². The van der Waals surface area contributed by atoms with Crippen molar-refractivity contribution in [2.24, 2.45) is 0 Å². The number of aromatic nitrogens is 3. The van der Waals surface area contributed by atoms with Gasteiger partial charge in [-0.15, -0.1) is 0 Å². The predicted molar refractivity (Wildman–Crippen MR) is 81.9 cm³/mol. The van der Waals surface area contributed by atoms with Crippen LogP contribution in [0.5, 0.6) is 0 Å². The van der Waals surface area contributed by atoms with E-state index in [0.29, 0.717) is 12.1 Å². The molecule has 3 heterocycles. The van der Waals surface area contributed by atoms with Crippen molar-refractivity contribution in [3.05, 3.63) is 18.5 Å². The van der Waals surface area contributed by atoms with Crippen molar-refractivity contribution in [3.63, 3.8) is 0 Å². The summed E-state index contributed by atoms with van der Waals surface area (Å²) in [5, 5.41) is 9.12. The summed E-state index contributed by atoms with van der Waals surface area (Å²) in [4.78, 5) is 4.56. The van der Waals surface area contributed by atoms with Gasteiger partial charge in [0.15, 0.2) is 5.65 Å². The van der Waals surface area contributed by atoms with Gasteiger partial charge in [0.1, 0.15) is 0 Å². The summed E-state index contributed by atoms with van der Waals surface area (Å²) in [7, 11) is 0. The molecule has 1 saturated heterocycles. The quantitative estimate of drug-likeness (QED) is 0.934. The molecular formula is C14H20N4S. The molecule has 0 spiro atoms. The largest absolute Gasteiger partial charge is 0.381 e. The first-order valence-electron chi connectivity index (χ1n) is 6.91. The molecule has 1 aliphatic rings. The summed E-state index contributed by atoms with van der Waals surface area (Å²) in [6, 6.07) is 3.11. The predicted octanol–water partition coefficient (Wildman–Crippen LogP) is 3.32. The third-order valence-corrected chi connectivity index (χ3v) is 4.56. The summed E-state index contributed by atoms with van der Waals surface area (Å²) >= 11 is 2.05. The minimum atomic E-state index is 0.346. The van der Waals surface area contributed by atoms with Crippen molar-refractivity contribution < 1.29 is 0 Å². The summed E-state index contributed by atoms with van der Waals surface area (Å²) < 4.78 is 1.97. The van der Waals surface area contributed by atoms with Gasteiger partial charge in [-0.2, -0.15) is 16.9 Å². The number of pyridine rings is 1. The molecule has 1 N–H and O–H groups in total. The molecule has 0 atom stereocenters. The van der Waals surface area contributed by atoms with Crippen LogP contribution in [0.2, 0.25) is 0 Å². The Bertz CT molecular complexity index is 558. The number of hydrogen-bond acceptors (Lipinski definition) is 4. The number of fused-ring (bicyclic) bond motifs is 1. The highest BCUT2D eigenvalue weighted by molar-refractivity contribution is 7.99. The van der Waals surface area contributed by atoms with Gasteiger partial charge in [-0.25, -0.2) is 9.67 Å². The topological polar surface area (TPSA) is 42.7 Å². The zero-order valence-electron chi connectivity index (χ0n) is 11.5. The van der Waals surface area contributed by atoms with E-state index in [1.54, 1.807) is 0 Å². The Balaban J connectivity index is 1.81. The first-order valence-corrected chi connectivity index (χ1v) is 8.07. The van der Waals surface area contributed by atoms with E-state index < -0.39 is 0 Å². The van der Waals surface area contributed by atoms with E-state index in [1.165, 1.54) is 24.3 Å². The normalized spacial score (nSPS) is 17.2. The Morgan fingerprint density at radius 3 is 2.84 bits per heavy atom. The number of anilines is 1. The van der Waals surface area contributed by atoms with E-state index in [1.807, 2.05) is 28.8 Å². The van der Waals surface area contributed by atoms with E-state index in [-0.39, 0.29) is 0 Å². The maximum atomic E-state index is 4.56. The first-order chi connectivity index (χ1) is 9.24. The second-order valence-corrected chi connectivity index (χ2v) is 6.58. The van der Waals surface area contributed by atoms with E-state index >= 15 is 0 Å². The molecular weight excluding hydrogens is 256 g/mol. The van der Waals surface area contributed by atoms with Gasteiger partial charge in [-0.1, -0.05) is 0 Å². The summed E-state index contributed by atoms with van der Waals surface area (Å²) in [5.74, 6) is 2.53. The standard InChI is InChI=1S/C14H20N4S/c1-10(2)18-14-11(8-16-18)7-13(9-15-14)17-12-3-5-19-6-4-12/h7-10,12,17H,3-6H2,1-2H3. The number of nitrogens with one attached hydrogen (secondary N) is 1. The maximum absolute atomic E-state index is 4.56. The van der Waals surface area contributed by atoms with Crippen LogP contribution in [0.4, 0.5) is 5.69 Å². The number of nitrogens with zero attached hydrogens (tertiary/aromatic N) is 3. The molecule has 4 nitrogen and oxygen atoms in total. The van der Waals surface area contributed by atoms with Crippen molar-refractivity contribution in [3.8, 4) is 0 Å². The molecule has 5 heteroatoms. The van der Waals surface area contributed by atoms with Gasteiger partial charge >= 0.3 is 0 Å². The molecule has 1 aliphatic heterocycles. The van der Waals surface area contributed by atoms with Crippen LogP contribution in [-0.4, -0.2) is 32.3 Å². The first kappa shape index (κ1) is 12.8. The monoisotopic (exact) mass is 276 g/mol. The van der Waals surface area contributed by atoms with Crippen LogP contribution in [-0.2, 0) is 0 Å². The minimum Gasteiger partial charge on any atom is -0.381 e. The highest BCUT2D eigenvalue weighted by Crippen LogP contribution is 2.23. The summed E-state index contributed by atoms with van der Waals surface area (Å²) in [6.07, 6.45) is 6.33. The fraction of sp³-hybridized carbons (Fsp3) is 0.571. The van der Waals surface area contributed by atoms with Gasteiger partial charge in [0, 0.05) is 17.5 Å².